The van der Waals surface area contributed by atoms with Crippen LogP contribution >= 0.6 is 11.6 Å². The van der Waals surface area contributed by atoms with Crippen LogP contribution < -0.4 is 5.32 Å². The number of aliphatic hydroxyl groups is 1. The largest absolute Gasteiger partial charge is 0.395 e. The Balaban J connectivity index is 2.36. The first kappa shape index (κ1) is 15.9. The Bertz CT molecular complexity index is 701. The first-order chi connectivity index (χ1) is 10.3. The maximum Gasteiger partial charge on any atom is 0.294 e. The minimum atomic E-state index is -0.650. The van der Waals surface area contributed by atoms with Gasteiger partial charge in [-0.25, -0.2) is 0 Å². The van der Waals surface area contributed by atoms with Gasteiger partial charge in [0.2, 0.25) is 0 Å². The minimum absolute atomic E-state index is 0.0904. The van der Waals surface area contributed by atoms with Crippen LogP contribution in [-0.2, 0) is 9.59 Å². The smallest absolute Gasteiger partial charge is 0.294 e. The van der Waals surface area contributed by atoms with Gasteiger partial charge in [0.15, 0.2) is 0 Å². The summed E-state index contributed by atoms with van der Waals surface area (Å²) in [4.78, 5) is 35.0. The van der Waals surface area contributed by atoms with Crippen LogP contribution in [0.3, 0.4) is 0 Å². The monoisotopic (exact) mass is 325 g/mol. The van der Waals surface area contributed by atoms with Crippen molar-refractivity contribution in [1.82, 2.24) is 4.90 Å². The lowest BCUT2D eigenvalue weighted by Crippen LogP contribution is -2.34. The molecule has 0 aromatic heterocycles. The molecule has 8 nitrogen and oxygen atoms in total. The van der Waals surface area contributed by atoms with E-state index in [2.05, 4.69) is 5.32 Å². The fourth-order valence-corrected chi connectivity index (χ4v) is 2.34. The molecule has 0 unspecified atom stereocenters. The fourth-order valence-electron chi connectivity index (χ4n) is 2.08. The Morgan fingerprint density at radius 3 is 2.68 bits per heavy atom. The van der Waals surface area contributed by atoms with E-state index in [0.717, 1.165) is 17.0 Å². The van der Waals surface area contributed by atoms with Gasteiger partial charge in [0.1, 0.15) is 11.4 Å². The summed E-state index contributed by atoms with van der Waals surface area (Å²) in [6.45, 7) is 1.09. The number of aliphatic hydroxyl groups excluding tert-OH is 1. The van der Waals surface area contributed by atoms with Crippen LogP contribution in [0.4, 0.5) is 11.4 Å². The molecule has 0 bridgehead atoms. The van der Waals surface area contributed by atoms with Crippen LogP contribution in [0.15, 0.2) is 23.9 Å². The van der Waals surface area contributed by atoms with Crippen molar-refractivity contribution in [2.45, 2.75) is 6.92 Å². The molecule has 2 N–H and O–H groups in total. The van der Waals surface area contributed by atoms with Crippen LogP contribution in [0.1, 0.15) is 5.56 Å². The third-order valence-electron chi connectivity index (χ3n) is 3.07. The Hall–Kier alpha value is -2.45. The number of hydrogen-bond acceptors (Lipinski definition) is 6. The number of amides is 2. The van der Waals surface area contributed by atoms with Crippen molar-refractivity contribution in [1.29, 1.82) is 0 Å². The van der Waals surface area contributed by atoms with Crippen molar-refractivity contribution in [3.63, 3.8) is 0 Å². The van der Waals surface area contributed by atoms with Gasteiger partial charge in [0.05, 0.1) is 18.1 Å². The molecule has 9 heteroatoms. The molecule has 116 valence electrons. The van der Waals surface area contributed by atoms with Crippen molar-refractivity contribution in [3.05, 3.63) is 44.6 Å². The Labute approximate surface area is 130 Å². The molecule has 0 saturated heterocycles. The van der Waals surface area contributed by atoms with Crippen molar-refractivity contribution in [2.24, 2.45) is 0 Å². The van der Waals surface area contributed by atoms with Gasteiger partial charge >= 0.3 is 0 Å². The third-order valence-corrected chi connectivity index (χ3v) is 3.29. The molecule has 0 saturated carbocycles. The maximum absolute atomic E-state index is 12.0. The molecular weight excluding hydrogens is 314 g/mol. The average molecular weight is 326 g/mol. The summed E-state index contributed by atoms with van der Waals surface area (Å²) < 4.78 is 0. The number of carbonyl (C=O) groups is 2. The predicted molar refractivity (Wildman–Crippen MR) is 78.4 cm³/mol. The molecule has 0 atom stereocenters. The lowest BCUT2D eigenvalue weighted by molar-refractivity contribution is -0.383. The second-order valence-electron chi connectivity index (χ2n) is 4.58. The SMILES string of the molecule is Cc1cc(Cl)cc([N+](=O)[O-])c1NC1=CC(=O)N(CCO)C1=O. The number of rotatable bonds is 5. The molecule has 1 aromatic rings. The Morgan fingerprint density at radius 2 is 2.09 bits per heavy atom. The summed E-state index contributed by atoms with van der Waals surface area (Å²) >= 11 is 5.80. The minimum Gasteiger partial charge on any atom is -0.395 e. The summed E-state index contributed by atoms with van der Waals surface area (Å²) in [5.74, 6) is -1.24. The Kier molecular flexibility index (Phi) is 4.43. The number of benzene rings is 1. The van der Waals surface area contributed by atoms with Crippen molar-refractivity contribution in [3.8, 4) is 0 Å². The van der Waals surface area contributed by atoms with Gasteiger partial charge in [-0.15, -0.1) is 0 Å². The predicted octanol–water partition coefficient (Wildman–Crippen LogP) is 1.21. The molecule has 0 spiro atoms. The van der Waals surface area contributed by atoms with E-state index in [1.54, 1.807) is 6.92 Å². The van der Waals surface area contributed by atoms with Crippen molar-refractivity contribution >= 4 is 34.8 Å². The van der Waals surface area contributed by atoms with E-state index < -0.39 is 16.7 Å². The van der Waals surface area contributed by atoms with Crippen LogP contribution in [-0.4, -0.2) is 39.9 Å². The number of anilines is 1. The van der Waals surface area contributed by atoms with E-state index in [0.29, 0.717) is 5.56 Å². The van der Waals surface area contributed by atoms with Gasteiger partial charge in [0.25, 0.3) is 17.5 Å². The summed E-state index contributed by atoms with van der Waals surface area (Å²) in [5, 5.41) is 22.8. The van der Waals surface area contributed by atoms with E-state index in [4.69, 9.17) is 16.7 Å². The molecule has 2 rings (SSSR count). The molecule has 1 aromatic carbocycles. The van der Waals surface area contributed by atoms with Gasteiger partial charge in [-0.05, 0) is 18.6 Å². The van der Waals surface area contributed by atoms with Crippen molar-refractivity contribution in [2.75, 3.05) is 18.5 Å². The van der Waals surface area contributed by atoms with E-state index in [1.165, 1.54) is 6.07 Å². The average Bonchev–Trinajstić information content (AvgIpc) is 2.69. The molecule has 1 aliphatic rings. The van der Waals surface area contributed by atoms with Gasteiger partial charge in [-0.3, -0.25) is 24.6 Å². The number of aryl methyl sites for hydroxylation is 1. The number of carbonyl (C=O) groups excluding carboxylic acids is 2. The second-order valence-corrected chi connectivity index (χ2v) is 5.01. The number of nitrogens with zero attached hydrogens (tertiary/aromatic N) is 2. The lowest BCUT2D eigenvalue weighted by atomic mass is 10.1. The van der Waals surface area contributed by atoms with Gasteiger partial charge in [-0.2, -0.15) is 0 Å². The Morgan fingerprint density at radius 1 is 1.41 bits per heavy atom. The summed E-state index contributed by atoms with van der Waals surface area (Å²) in [5.41, 5.74) is 0.160. The summed E-state index contributed by atoms with van der Waals surface area (Å²) in [7, 11) is 0. The molecule has 2 amide bonds. The zero-order valence-electron chi connectivity index (χ0n) is 11.5. The number of hydrogen-bond donors (Lipinski definition) is 2. The zero-order valence-corrected chi connectivity index (χ0v) is 12.3. The molecular formula is C13H12ClN3O5. The molecule has 1 heterocycles. The number of imide groups is 1. The highest BCUT2D eigenvalue weighted by Gasteiger charge is 2.32. The quantitative estimate of drug-likeness (QED) is 0.478. The molecule has 0 radical (unpaired) electrons. The van der Waals surface area contributed by atoms with Crippen molar-refractivity contribution < 1.29 is 19.6 Å². The molecule has 1 aliphatic heterocycles. The molecule has 22 heavy (non-hydrogen) atoms. The number of nitro groups is 1. The fraction of sp³-hybridized carbons (Fsp3) is 0.231. The second kappa shape index (κ2) is 6.12. The summed E-state index contributed by atoms with van der Waals surface area (Å²) in [6.07, 6.45) is 1.04. The van der Waals surface area contributed by atoms with E-state index >= 15 is 0 Å². The first-order valence-corrected chi connectivity index (χ1v) is 6.63. The van der Waals surface area contributed by atoms with E-state index in [9.17, 15) is 19.7 Å². The highest BCUT2D eigenvalue weighted by atomic mass is 35.5. The molecule has 0 fully saturated rings. The lowest BCUT2D eigenvalue weighted by Gasteiger charge is -2.14. The van der Waals surface area contributed by atoms with Gasteiger partial charge in [0, 0.05) is 17.2 Å². The normalized spacial score (nSPS) is 14.3. The van der Waals surface area contributed by atoms with Crippen LogP contribution in [0.25, 0.3) is 0 Å². The number of nitro benzene ring substituents is 1. The standard InChI is InChI=1S/C13H12ClN3O5/c1-7-4-8(14)5-10(17(21)22)12(7)15-9-6-11(19)16(2-3-18)13(9)20/h4-6,15,18H,2-3H2,1H3. The van der Waals surface area contributed by atoms with E-state index in [1.807, 2.05) is 0 Å². The summed E-state index contributed by atoms with van der Waals surface area (Å²) in [6, 6.07) is 2.66. The molecule has 0 aliphatic carbocycles. The third kappa shape index (κ3) is 2.92. The van der Waals surface area contributed by atoms with Gasteiger partial charge in [-0.1, -0.05) is 11.6 Å². The maximum atomic E-state index is 12.0. The highest BCUT2D eigenvalue weighted by molar-refractivity contribution is 6.31. The highest BCUT2D eigenvalue weighted by Crippen LogP contribution is 2.33. The first-order valence-electron chi connectivity index (χ1n) is 6.25. The van der Waals surface area contributed by atoms with E-state index in [-0.39, 0.29) is 35.2 Å². The number of halogens is 1. The topological polar surface area (TPSA) is 113 Å². The zero-order chi connectivity index (χ0) is 16.4. The number of nitrogens with one attached hydrogen (secondary N) is 1. The van der Waals surface area contributed by atoms with Crippen LogP contribution in [0.5, 0.6) is 0 Å². The van der Waals surface area contributed by atoms with Crippen LogP contribution in [0, 0.1) is 17.0 Å². The number of β-amino-alcohol motifs (C(OH)–C–C–N with tert-alkyl or cyclic N) is 1. The van der Waals surface area contributed by atoms with Crippen LogP contribution in [0.2, 0.25) is 5.02 Å². The van der Waals surface area contributed by atoms with Gasteiger partial charge < -0.3 is 10.4 Å².